The minimum Gasteiger partial charge on any atom is -0.348 e. The number of hydrogen-bond acceptors (Lipinski definition) is 2. The number of nitrogens with one attached hydrogen (secondary N) is 1. The Hall–Kier alpha value is -1.89. The summed E-state index contributed by atoms with van der Waals surface area (Å²) in [5, 5.41) is 7.93. The molecule has 1 amide bonds. The molecule has 0 fully saturated rings. The summed E-state index contributed by atoms with van der Waals surface area (Å²) in [6.07, 6.45) is 0. The van der Waals surface area contributed by atoms with Crippen LogP contribution in [0.25, 0.3) is 0 Å². The summed E-state index contributed by atoms with van der Waals surface area (Å²) in [7, 11) is 0. The van der Waals surface area contributed by atoms with Gasteiger partial charge in [0.2, 0.25) is 0 Å². The van der Waals surface area contributed by atoms with E-state index < -0.39 is 0 Å². The van der Waals surface area contributed by atoms with E-state index in [1.807, 2.05) is 18.2 Å². The van der Waals surface area contributed by atoms with E-state index in [1.165, 1.54) is 16.8 Å². The standard InChI is InChI=1S/C19H15BrCl2FN3O/c1-11-17(19(27)24-9-13-8-14(23)6-7-15(13)20)18(22)26(25-11)10-12-4-2-3-5-16(12)21/h2-8H,9-10H2,1H3,(H,24,27). The van der Waals surface area contributed by atoms with Crippen LogP contribution in [0, 0.1) is 12.7 Å². The maximum absolute atomic E-state index is 13.4. The molecule has 0 atom stereocenters. The zero-order valence-electron chi connectivity index (χ0n) is 14.3. The molecule has 27 heavy (non-hydrogen) atoms. The lowest BCUT2D eigenvalue weighted by molar-refractivity contribution is 0.0950. The van der Waals surface area contributed by atoms with Gasteiger partial charge in [-0.2, -0.15) is 5.10 Å². The minimum atomic E-state index is -0.376. The van der Waals surface area contributed by atoms with Crippen LogP contribution in [-0.4, -0.2) is 15.7 Å². The Morgan fingerprint density at radius 2 is 1.96 bits per heavy atom. The Bertz CT molecular complexity index is 1010. The van der Waals surface area contributed by atoms with Crippen LogP contribution in [0.15, 0.2) is 46.9 Å². The van der Waals surface area contributed by atoms with Crippen molar-refractivity contribution in [3.05, 3.63) is 85.3 Å². The van der Waals surface area contributed by atoms with E-state index in [0.717, 1.165) is 5.56 Å². The zero-order chi connectivity index (χ0) is 19.6. The Morgan fingerprint density at radius 3 is 2.70 bits per heavy atom. The van der Waals surface area contributed by atoms with E-state index in [-0.39, 0.29) is 29.0 Å². The van der Waals surface area contributed by atoms with Crippen molar-refractivity contribution in [3.8, 4) is 0 Å². The predicted octanol–water partition coefficient (Wildman–Crippen LogP) is 5.38. The van der Waals surface area contributed by atoms with Gasteiger partial charge >= 0.3 is 0 Å². The van der Waals surface area contributed by atoms with Crippen molar-refractivity contribution < 1.29 is 9.18 Å². The molecule has 3 aromatic rings. The number of aryl methyl sites for hydroxylation is 1. The van der Waals surface area contributed by atoms with Crippen molar-refractivity contribution in [2.45, 2.75) is 20.0 Å². The highest BCUT2D eigenvalue weighted by Crippen LogP contribution is 2.24. The van der Waals surface area contributed by atoms with Gasteiger partial charge in [0.05, 0.1) is 17.8 Å². The number of amides is 1. The van der Waals surface area contributed by atoms with E-state index in [4.69, 9.17) is 23.2 Å². The Balaban J connectivity index is 1.78. The van der Waals surface area contributed by atoms with Gasteiger partial charge in [-0.1, -0.05) is 57.3 Å². The molecule has 0 spiro atoms. The molecular formula is C19H15BrCl2FN3O. The molecule has 0 saturated heterocycles. The summed E-state index contributed by atoms with van der Waals surface area (Å²) in [5.41, 5.74) is 2.26. The van der Waals surface area contributed by atoms with Gasteiger partial charge < -0.3 is 5.32 Å². The highest BCUT2D eigenvalue weighted by atomic mass is 79.9. The van der Waals surface area contributed by atoms with Crippen molar-refractivity contribution in [1.29, 1.82) is 0 Å². The smallest absolute Gasteiger partial charge is 0.256 e. The fourth-order valence-electron chi connectivity index (χ4n) is 2.65. The molecule has 0 aliphatic rings. The number of benzene rings is 2. The van der Waals surface area contributed by atoms with Crippen LogP contribution >= 0.6 is 39.1 Å². The second-order valence-corrected chi connectivity index (χ2v) is 7.54. The Kier molecular flexibility index (Phi) is 6.19. The molecule has 1 heterocycles. The number of rotatable bonds is 5. The van der Waals surface area contributed by atoms with E-state index in [9.17, 15) is 9.18 Å². The van der Waals surface area contributed by atoms with Crippen molar-refractivity contribution >= 4 is 45.0 Å². The molecule has 1 aromatic heterocycles. The van der Waals surface area contributed by atoms with E-state index in [1.54, 1.807) is 19.1 Å². The first-order valence-electron chi connectivity index (χ1n) is 8.05. The molecule has 140 valence electrons. The second kappa shape index (κ2) is 8.42. The van der Waals surface area contributed by atoms with Gasteiger partial charge in [-0.05, 0) is 42.3 Å². The Morgan fingerprint density at radius 1 is 1.22 bits per heavy atom. The topological polar surface area (TPSA) is 46.9 Å². The highest BCUT2D eigenvalue weighted by molar-refractivity contribution is 9.10. The molecule has 0 bridgehead atoms. The first kappa shape index (κ1) is 19.9. The number of halogens is 4. The van der Waals surface area contributed by atoms with E-state index in [2.05, 4.69) is 26.3 Å². The van der Waals surface area contributed by atoms with Crippen molar-refractivity contribution in [2.24, 2.45) is 0 Å². The largest absolute Gasteiger partial charge is 0.348 e. The van der Waals surface area contributed by atoms with Crippen LogP contribution in [0.3, 0.4) is 0 Å². The number of carbonyl (C=O) groups excluding carboxylic acids is 1. The van der Waals surface area contributed by atoms with Crippen molar-refractivity contribution in [2.75, 3.05) is 0 Å². The summed E-state index contributed by atoms with van der Waals surface area (Å²) < 4.78 is 15.6. The van der Waals surface area contributed by atoms with Crippen molar-refractivity contribution in [3.63, 3.8) is 0 Å². The lowest BCUT2D eigenvalue weighted by atomic mass is 10.2. The van der Waals surface area contributed by atoms with Gasteiger partial charge in [0.15, 0.2) is 0 Å². The molecule has 0 radical (unpaired) electrons. The van der Waals surface area contributed by atoms with Gasteiger partial charge in [0, 0.05) is 16.0 Å². The monoisotopic (exact) mass is 469 g/mol. The molecule has 4 nitrogen and oxygen atoms in total. The average Bonchev–Trinajstić information content (AvgIpc) is 2.91. The molecule has 0 saturated carbocycles. The molecule has 3 rings (SSSR count). The van der Waals surface area contributed by atoms with Crippen LogP contribution in [0.2, 0.25) is 10.2 Å². The van der Waals surface area contributed by atoms with Crippen molar-refractivity contribution in [1.82, 2.24) is 15.1 Å². The molecule has 2 aromatic carbocycles. The first-order chi connectivity index (χ1) is 12.9. The van der Waals surface area contributed by atoms with Crippen LogP contribution in [-0.2, 0) is 13.1 Å². The summed E-state index contributed by atoms with van der Waals surface area (Å²) >= 11 is 15.9. The number of carbonyl (C=O) groups is 1. The minimum absolute atomic E-state index is 0.155. The summed E-state index contributed by atoms with van der Waals surface area (Å²) in [4.78, 5) is 12.6. The number of aromatic nitrogens is 2. The molecule has 0 aliphatic carbocycles. The van der Waals surface area contributed by atoms with Crippen LogP contribution in [0.5, 0.6) is 0 Å². The number of hydrogen-bond donors (Lipinski definition) is 1. The lowest BCUT2D eigenvalue weighted by Gasteiger charge is -2.08. The Labute approximate surface area is 174 Å². The van der Waals surface area contributed by atoms with Gasteiger partial charge in [0.25, 0.3) is 5.91 Å². The van der Waals surface area contributed by atoms with Crippen LogP contribution in [0.1, 0.15) is 27.2 Å². The van der Waals surface area contributed by atoms with E-state index in [0.29, 0.717) is 27.3 Å². The number of nitrogens with zero attached hydrogens (tertiary/aromatic N) is 2. The lowest BCUT2D eigenvalue weighted by Crippen LogP contribution is -2.23. The second-order valence-electron chi connectivity index (χ2n) is 5.92. The fraction of sp³-hybridized carbons (Fsp3) is 0.158. The summed E-state index contributed by atoms with van der Waals surface area (Å²) in [6, 6.07) is 11.7. The maximum Gasteiger partial charge on any atom is 0.256 e. The first-order valence-corrected chi connectivity index (χ1v) is 9.60. The van der Waals surface area contributed by atoms with Gasteiger partial charge in [0.1, 0.15) is 11.0 Å². The zero-order valence-corrected chi connectivity index (χ0v) is 17.4. The highest BCUT2D eigenvalue weighted by Gasteiger charge is 2.21. The predicted molar refractivity (Wildman–Crippen MR) is 108 cm³/mol. The third-order valence-corrected chi connectivity index (χ3v) is 5.54. The normalized spacial score (nSPS) is 10.9. The average molecular weight is 471 g/mol. The summed E-state index contributed by atoms with van der Waals surface area (Å²) in [6.45, 7) is 2.21. The van der Waals surface area contributed by atoms with Gasteiger partial charge in [-0.15, -0.1) is 0 Å². The third kappa shape index (κ3) is 4.51. The van der Waals surface area contributed by atoms with E-state index >= 15 is 0 Å². The maximum atomic E-state index is 13.4. The fourth-order valence-corrected chi connectivity index (χ4v) is 3.55. The van der Waals surface area contributed by atoms with Gasteiger partial charge in [-0.25, -0.2) is 9.07 Å². The quantitative estimate of drug-likeness (QED) is 0.544. The van der Waals surface area contributed by atoms with Gasteiger partial charge in [-0.3, -0.25) is 4.79 Å². The van der Waals surface area contributed by atoms with Crippen LogP contribution in [0.4, 0.5) is 4.39 Å². The molecule has 0 unspecified atom stereocenters. The third-order valence-electron chi connectivity index (χ3n) is 4.02. The molecule has 8 heteroatoms. The molecular weight excluding hydrogens is 456 g/mol. The molecule has 0 aliphatic heterocycles. The summed E-state index contributed by atoms with van der Waals surface area (Å²) in [5.74, 6) is -0.747. The van der Waals surface area contributed by atoms with Crippen LogP contribution < -0.4 is 5.32 Å². The molecule has 1 N–H and O–H groups in total. The SMILES string of the molecule is Cc1nn(Cc2ccccc2Cl)c(Cl)c1C(=O)NCc1cc(F)ccc1Br.